The molecular weight excluding hydrogens is 419 g/mol. The quantitative estimate of drug-likeness (QED) is 0.233. The SMILES string of the molecule is NC(=NN=Cc1ccc(OCc2ccc(F)cc2)c([N+](=O)[O-])c1)SCc1ccccc1. The zero-order chi connectivity index (χ0) is 22.1. The Morgan fingerprint density at radius 2 is 1.84 bits per heavy atom. The number of rotatable bonds is 8. The average molecular weight is 438 g/mol. The first kappa shape index (κ1) is 22.0. The van der Waals surface area contributed by atoms with E-state index in [-0.39, 0.29) is 29.0 Å². The van der Waals surface area contributed by atoms with Gasteiger partial charge in [-0.25, -0.2) is 4.39 Å². The third-order valence-electron chi connectivity index (χ3n) is 4.08. The molecule has 7 nitrogen and oxygen atoms in total. The molecule has 0 saturated carbocycles. The Hall–Kier alpha value is -3.72. The van der Waals surface area contributed by atoms with Gasteiger partial charge in [0.2, 0.25) is 0 Å². The Bertz CT molecular complexity index is 1090. The number of halogens is 1. The molecule has 0 amide bonds. The Balaban J connectivity index is 1.62. The van der Waals surface area contributed by atoms with Crippen LogP contribution in [0.25, 0.3) is 0 Å². The van der Waals surface area contributed by atoms with E-state index in [0.717, 1.165) is 5.56 Å². The molecule has 9 heteroatoms. The highest BCUT2D eigenvalue weighted by molar-refractivity contribution is 8.13. The number of amidine groups is 1. The van der Waals surface area contributed by atoms with Crippen molar-refractivity contribution in [3.63, 3.8) is 0 Å². The summed E-state index contributed by atoms with van der Waals surface area (Å²) in [6, 6.07) is 20.0. The highest BCUT2D eigenvalue weighted by atomic mass is 32.2. The number of ether oxygens (including phenoxy) is 1. The van der Waals surface area contributed by atoms with Crippen LogP contribution in [0.5, 0.6) is 5.75 Å². The molecule has 0 heterocycles. The summed E-state index contributed by atoms with van der Waals surface area (Å²) < 4.78 is 18.5. The Morgan fingerprint density at radius 1 is 1.10 bits per heavy atom. The van der Waals surface area contributed by atoms with Crippen molar-refractivity contribution in [2.45, 2.75) is 12.4 Å². The summed E-state index contributed by atoms with van der Waals surface area (Å²) in [5.74, 6) is 0.407. The van der Waals surface area contributed by atoms with Crippen molar-refractivity contribution in [3.05, 3.63) is 105 Å². The van der Waals surface area contributed by atoms with E-state index in [4.69, 9.17) is 10.5 Å². The van der Waals surface area contributed by atoms with Gasteiger partial charge in [0.25, 0.3) is 0 Å². The average Bonchev–Trinajstić information content (AvgIpc) is 2.78. The molecule has 0 radical (unpaired) electrons. The van der Waals surface area contributed by atoms with Gasteiger partial charge in [-0.1, -0.05) is 54.2 Å². The van der Waals surface area contributed by atoms with E-state index in [2.05, 4.69) is 10.2 Å². The van der Waals surface area contributed by atoms with Gasteiger partial charge < -0.3 is 10.5 Å². The minimum atomic E-state index is -0.537. The van der Waals surface area contributed by atoms with Crippen molar-refractivity contribution in [1.82, 2.24) is 0 Å². The second kappa shape index (κ2) is 10.9. The van der Waals surface area contributed by atoms with Gasteiger partial charge in [0, 0.05) is 17.4 Å². The van der Waals surface area contributed by atoms with Crippen LogP contribution in [0.1, 0.15) is 16.7 Å². The molecule has 3 rings (SSSR count). The van der Waals surface area contributed by atoms with Crippen molar-refractivity contribution in [3.8, 4) is 5.75 Å². The van der Waals surface area contributed by atoms with E-state index in [1.165, 1.54) is 42.2 Å². The predicted octanol–water partition coefficient (Wildman–Crippen LogP) is 4.89. The molecule has 158 valence electrons. The Labute approximate surface area is 182 Å². The fourth-order valence-electron chi connectivity index (χ4n) is 2.53. The first-order chi connectivity index (χ1) is 15.0. The zero-order valence-electron chi connectivity index (χ0n) is 16.3. The third-order valence-corrected chi connectivity index (χ3v) is 4.94. The molecular formula is C22H19FN4O3S. The summed E-state index contributed by atoms with van der Waals surface area (Å²) in [5, 5.41) is 19.5. The first-order valence-corrected chi connectivity index (χ1v) is 10.2. The number of benzene rings is 3. The molecule has 3 aromatic carbocycles. The molecule has 0 aliphatic rings. The molecule has 0 spiro atoms. The number of nitrogens with two attached hydrogens (primary N) is 1. The molecule has 0 fully saturated rings. The van der Waals surface area contributed by atoms with Crippen molar-refractivity contribution < 1.29 is 14.1 Å². The molecule has 0 aromatic heterocycles. The summed E-state index contributed by atoms with van der Waals surface area (Å²) in [6.45, 7) is 0.0774. The lowest BCUT2D eigenvalue weighted by atomic mass is 10.2. The number of hydrogen-bond acceptors (Lipinski definition) is 6. The van der Waals surface area contributed by atoms with Crippen molar-refractivity contribution in [2.75, 3.05) is 0 Å². The summed E-state index contributed by atoms with van der Waals surface area (Å²) in [5.41, 5.74) is 7.92. The van der Waals surface area contributed by atoms with E-state index in [1.807, 2.05) is 30.3 Å². The van der Waals surface area contributed by atoms with Gasteiger partial charge in [0.15, 0.2) is 10.9 Å². The molecule has 2 N–H and O–H groups in total. The van der Waals surface area contributed by atoms with Crippen LogP contribution in [0.3, 0.4) is 0 Å². The highest BCUT2D eigenvalue weighted by Crippen LogP contribution is 2.28. The van der Waals surface area contributed by atoms with Gasteiger partial charge in [-0.05, 0) is 35.4 Å². The maximum atomic E-state index is 13.0. The molecule has 0 aliphatic carbocycles. The van der Waals surface area contributed by atoms with E-state index >= 15 is 0 Å². The largest absolute Gasteiger partial charge is 0.482 e. The molecule has 0 atom stereocenters. The van der Waals surface area contributed by atoms with Crippen LogP contribution in [-0.4, -0.2) is 16.3 Å². The van der Waals surface area contributed by atoms with E-state index in [1.54, 1.807) is 18.2 Å². The minimum Gasteiger partial charge on any atom is -0.482 e. The Kier molecular flexibility index (Phi) is 7.72. The molecule has 3 aromatic rings. The lowest BCUT2D eigenvalue weighted by Gasteiger charge is -2.07. The monoisotopic (exact) mass is 438 g/mol. The summed E-state index contributed by atoms with van der Waals surface area (Å²) >= 11 is 1.34. The van der Waals surface area contributed by atoms with Crippen molar-refractivity contribution in [1.29, 1.82) is 0 Å². The fourth-order valence-corrected chi connectivity index (χ4v) is 3.15. The standard InChI is InChI=1S/C22H19FN4O3S/c23-19-9-6-16(7-10-19)14-30-21-11-8-18(12-20(21)27(28)29)13-25-26-22(24)31-15-17-4-2-1-3-5-17/h1-13H,14-15H2,(H2,24,26). The number of nitrogens with zero attached hydrogens (tertiary/aromatic N) is 3. The number of thioether (sulfide) groups is 1. The third kappa shape index (κ3) is 6.93. The van der Waals surface area contributed by atoms with Crippen LogP contribution in [0.4, 0.5) is 10.1 Å². The van der Waals surface area contributed by atoms with Gasteiger partial charge in [-0.2, -0.15) is 5.10 Å². The van der Waals surface area contributed by atoms with E-state index < -0.39 is 4.92 Å². The van der Waals surface area contributed by atoms with Crippen LogP contribution in [-0.2, 0) is 12.4 Å². The highest BCUT2D eigenvalue weighted by Gasteiger charge is 2.16. The lowest BCUT2D eigenvalue weighted by molar-refractivity contribution is -0.385. The normalized spacial score (nSPS) is 11.6. The number of nitro benzene ring substituents is 1. The van der Waals surface area contributed by atoms with E-state index in [9.17, 15) is 14.5 Å². The van der Waals surface area contributed by atoms with Crippen molar-refractivity contribution >= 4 is 28.8 Å². The summed E-state index contributed by atoms with van der Waals surface area (Å²) in [7, 11) is 0. The molecule has 0 saturated heterocycles. The Morgan fingerprint density at radius 3 is 2.55 bits per heavy atom. The predicted molar refractivity (Wildman–Crippen MR) is 121 cm³/mol. The number of nitro groups is 1. The smallest absolute Gasteiger partial charge is 0.311 e. The van der Waals surface area contributed by atoms with Gasteiger partial charge in [0.1, 0.15) is 12.4 Å². The molecule has 0 aliphatic heterocycles. The molecule has 31 heavy (non-hydrogen) atoms. The van der Waals surface area contributed by atoms with Gasteiger partial charge in [-0.3, -0.25) is 10.1 Å². The summed E-state index contributed by atoms with van der Waals surface area (Å²) in [6.07, 6.45) is 1.38. The van der Waals surface area contributed by atoms with Gasteiger partial charge in [-0.15, -0.1) is 5.10 Å². The fraction of sp³-hybridized carbons (Fsp3) is 0.0909. The topological polar surface area (TPSA) is 103 Å². The maximum Gasteiger partial charge on any atom is 0.311 e. The van der Waals surface area contributed by atoms with Crippen molar-refractivity contribution in [2.24, 2.45) is 15.9 Å². The van der Waals surface area contributed by atoms with Crippen LogP contribution < -0.4 is 10.5 Å². The minimum absolute atomic E-state index is 0.0774. The van der Waals surface area contributed by atoms with E-state index in [0.29, 0.717) is 16.9 Å². The molecule has 0 unspecified atom stereocenters. The number of hydrogen-bond donors (Lipinski definition) is 1. The maximum absolute atomic E-state index is 13.0. The lowest BCUT2D eigenvalue weighted by Crippen LogP contribution is -2.06. The zero-order valence-corrected chi connectivity index (χ0v) is 17.2. The van der Waals surface area contributed by atoms with Crippen LogP contribution in [0, 0.1) is 15.9 Å². The van der Waals surface area contributed by atoms with Crippen LogP contribution in [0.2, 0.25) is 0 Å². The molecule has 0 bridgehead atoms. The van der Waals surface area contributed by atoms with Gasteiger partial charge in [0.05, 0.1) is 11.1 Å². The summed E-state index contributed by atoms with van der Waals surface area (Å²) in [4.78, 5) is 10.9. The van der Waals surface area contributed by atoms with Gasteiger partial charge >= 0.3 is 5.69 Å². The van der Waals surface area contributed by atoms with Crippen LogP contribution >= 0.6 is 11.8 Å². The first-order valence-electron chi connectivity index (χ1n) is 9.20. The second-order valence-corrected chi connectivity index (χ2v) is 7.35. The van der Waals surface area contributed by atoms with Crippen LogP contribution in [0.15, 0.2) is 83.0 Å². The second-order valence-electron chi connectivity index (χ2n) is 6.36.